The molecule has 1 aromatic carbocycles. The summed E-state index contributed by atoms with van der Waals surface area (Å²) in [6.07, 6.45) is 0.425. The van der Waals surface area contributed by atoms with Gasteiger partial charge in [-0.15, -0.1) is 0 Å². The van der Waals surface area contributed by atoms with Gasteiger partial charge < -0.3 is 14.5 Å². The van der Waals surface area contributed by atoms with Crippen molar-refractivity contribution in [2.45, 2.75) is 19.4 Å². The van der Waals surface area contributed by atoms with Crippen molar-refractivity contribution in [3.05, 3.63) is 24.3 Å². The zero-order valence-corrected chi connectivity index (χ0v) is 11.2. The highest BCUT2D eigenvalue weighted by Gasteiger charge is 2.25. The Balaban J connectivity index is 2.20. The first-order chi connectivity index (χ1) is 8.63. The zero-order valence-electron chi connectivity index (χ0n) is 11.2. The fourth-order valence-electron chi connectivity index (χ4n) is 2.42. The van der Waals surface area contributed by atoms with Crippen LogP contribution in [0.3, 0.4) is 0 Å². The number of hydrogen-bond acceptors (Lipinski definition) is 4. The lowest BCUT2D eigenvalue weighted by Gasteiger charge is -2.40. The van der Waals surface area contributed by atoms with Crippen LogP contribution in [0.15, 0.2) is 24.3 Å². The van der Waals surface area contributed by atoms with Gasteiger partial charge in [0.05, 0.1) is 24.9 Å². The molecule has 1 atom stereocenters. The molecule has 4 nitrogen and oxygen atoms in total. The van der Waals surface area contributed by atoms with E-state index in [0.717, 1.165) is 13.1 Å². The molecule has 0 aromatic heterocycles. The topological polar surface area (TPSA) is 32.8 Å². The number of carbonyl (C=O) groups excluding carboxylic acids is 1. The van der Waals surface area contributed by atoms with E-state index < -0.39 is 0 Å². The summed E-state index contributed by atoms with van der Waals surface area (Å²) >= 11 is 0. The van der Waals surface area contributed by atoms with Crippen LogP contribution in [0.4, 0.5) is 11.4 Å². The molecule has 1 aromatic rings. The van der Waals surface area contributed by atoms with Gasteiger partial charge in [-0.25, -0.2) is 0 Å². The van der Waals surface area contributed by atoms with Crippen molar-refractivity contribution in [2.24, 2.45) is 0 Å². The summed E-state index contributed by atoms with van der Waals surface area (Å²) in [4.78, 5) is 15.9. The first-order valence-corrected chi connectivity index (χ1v) is 6.27. The van der Waals surface area contributed by atoms with Gasteiger partial charge in [-0.2, -0.15) is 0 Å². The maximum absolute atomic E-state index is 11.4. The number of hydrogen-bond donors (Lipinski definition) is 0. The predicted octanol–water partition coefficient (Wildman–Crippen LogP) is 1.89. The molecule has 0 saturated carbocycles. The number of anilines is 2. The monoisotopic (exact) mass is 248 g/mol. The van der Waals surface area contributed by atoms with Crippen LogP contribution in [-0.2, 0) is 9.53 Å². The van der Waals surface area contributed by atoms with Crippen molar-refractivity contribution in [3.63, 3.8) is 0 Å². The summed E-state index contributed by atoms with van der Waals surface area (Å²) in [6, 6.07) is 8.47. The molecule has 0 fully saturated rings. The molecule has 1 aliphatic rings. The summed E-state index contributed by atoms with van der Waals surface area (Å²) < 4.78 is 4.74. The number of ether oxygens (including phenoxy) is 1. The smallest absolute Gasteiger partial charge is 0.307 e. The van der Waals surface area contributed by atoms with Gasteiger partial charge in [0.15, 0.2) is 0 Å². The van der Waals surface area contributed by atoms with Gasteiger partial charge in [-0.3, -0.25) is 4.79 Å². The molecule has 0 saturated heterocycles. The quantitative estimate of drug-likeness (QED) is 0.765. The molecule has 1 unspecified atom stereocenters. The minimum Gasteiger partial charge on any atom is -0.469 e. The Kier molecular flexibility index (Phi) is 3.75. The Labute approximate surface area is 108 Å². The number of esters is 1. The van der Waals surface area contributed by atoms with Crippen molar-refractivity contribution in [1.29, 1.82) is 0 Å². The van der Waals surface area contributed by atoms with Crippen LogP contribution < -0.4 is 9.80 Å². The van der Waals surface area contributed by atoms with E-state index in [1.165, 1.54) is 18.5 Å². The molecule has 1 heterocycles. The SMILES string of the molecule is COC(=O)CC(C)N1CCN(C)c2ccccc21. The van der Waals surface area contributed by atoms with Crippen LogP contribution in [-0.4, -0.2) is 39.3 Å². The maximum Gasteiger partial charge on any atom is 0.307 e. The zero-order chi connectivity index (χ0) is 13.1. The third-order valence-electron chi connectivity index (χ3n) is 3.50. The number of fused-ring (bicyclic) bond motifs is 1. The molecule has 18 heavy (non-hydrogen) atoms. The molecule has 0 amide bonds. The second kappa shape index (κ2) is 5.29. The first kappa shape index (κ1) is 12.7. The average Bonchev–Trinajstić information content (AvgIpc) is 2.39. The van der Waals surface area contributed by atoms with E-state index in [1.54, 1.807) is 0 Å². The van der Waals surface area contributed by atoms with E-state index in [0.29, 0.717) is 6.42 Å². The summed E-state index contributed by atoms with van der Waals surface area (Å²) in [5, 5.41) is 0. The van der Waals surface area contributed by atoms with E-state index in [9.17, 15) is 4.79 Å². The lowest BCUT2D eigenvalue weighted by atomic mass is 10.1. The summed E-state index contributed by atoms with van der Waals surface area (Å²) in [5.74, 6) is -0.154. The molecule has 0 spiro atoms. The standard InChI is InChI=1S/C14H20N2O2/c1-11(10-14(17)18-3)16-9-8-15(2)12-6-4-5-7-13(12)16/h4-7,11H,8-10H2,1-3H3. The first-order valence-electron chi connectivity index (χ1n) is 6.27. The molecule has 4 heteroatoms. The van der Waals surface area contributed by atoms with E-state index in [2.05, 4.69) is 35.9 Å². The number of methoxy groups -OCH3 is 1. The van der Waals surface area contributed by atoms with E-state index in [1.807, 2.05) is 12.1 Å². The maximum atomic E-state index is 11.4. The lowest BCUT2D eigenvalue weighted by molar-refractivity contribution is -0.140. The third kappa shape index (κ3) is 2.42. The molecule has 0 aliphatic carbocycles. The van der Waals surface area contributed by atoms with Gasteiger partial charge >= 0.3 is 5.97 Å². The van der Waals surface area contributed by atoms with Crippen LogP contribution in [0.1, 0.15) is 13.3 Å². The fourth-order valence-corrected chi connectivity index (χ4v) is 2.42. The Morgan fingerprint density at radius 2 is 2.00 bits per heavy atom. The fraction of sp³-hybridized carbons (Fsp3) is 0.500. The molecule has 1 aliphatic heterocycles. The van der Waals surface area contributed by atoms with E-state index in [4.69, 9.17) is 4.74 Å². The molecule has 0 N–H and O–H groups in total. The van der Waals surface area contributed by atoms with Crippen molar-refractivity contribution in [2.75, 3.05) is 37.0 Å². The molecule has 0 bridgehead atoms. The molecular weight excluding hydrogens is 228 g/mol. The Morgan fingerprint density at radius 3 is 2.67 bits per heavy atom. The molecule has 98 valence electrons. The van der Waals surface area contributed by atoms with Crippen molar-refractivity contribution >= 4 is 17.3 Å². The largest absolute Gasteiger partial charge is 0.469 e. The second-order valence-corrected chi connectivity index (χ2v) is 4.73. The van der Waals surface area contributed by atoms with Crippen LogP contribution >= 0.6 is 0 Å². The minimum absolute atomic E-state index is 0.154. The third-order valence-corrected chi connectivity index (χ3v) is 3.50. The number of benzene rings is 1. The average molecular weight is 248 g/mol. The number of carbonyl (C=O) groups is 1. The predicted molar refractivity (Wildman–Crippen MR) is 73.2 cm³/mol. The lowest BCUT2D eigenvalue weighted by Crippen LogP contribution is -2.44. The Morgan fingerprint density at radius 1 is 1.33 bits per heavy atom. The van der Waals surface area contributed by atoms with Gasteiger partial charge in [0.1, 0.15) is 0 Å². The van der Waals surface area contributed by atoms with Crippen LogP contribution in [0.25, 0.3) is 0 Å². The molecular formula is C14H20N2O2. The van der Waals surface area contributed by atoms with E-state index in [-0.39, 0.29) is 12.0 Å². The highest BCUT2D eigenvalue weighted by atomic mass is 16.5. The van der Waals surface area contributed by atoms with Gasteiger partial charge in [-0.05, 0) is 19.1 Å². The number of para-hydroxylation sites is 2. The minimum atomic E-state index is -0.154. The van der Waals surface area contributed by atoms with Gasteiger partial charge in [0.25, 0.3) is 0 Å². The van der Waals surface area contributed by atoms with Crippen molar-refractivity contribution in [3.8, 4) is 0 Å². The summed E-state index contributed by atoms with van der Waals surface area (Å²) in [6.45, 7) is 3.98. The highest BCUT2D eigenvalue weighted by molar-refractivity contribution is 5.75. The van der Waals surface area contributed by atoms with Crippen LogP contribution in [0.5, 0.6) is 0 Å². The second-order valence-electron chi connectivity index (χ2n) is 4.73. The normalized spacial score (nSPS) is 16.2. The molecule has 0 radical (unpaired) electrons. The summed E-state index contributed by atoms with van der Waals surface area (Å²) in [7, 11) is 3.54. The van der Waals surface area contributed by atoms with Crippen molar-refractivity contribution in [1.82, 2.24) is 0 Å². The Hall–Kier alpha value is -1.71. The highest BCUT2D eigenvalue weighted by Crippen LogP contribution is 2.33. The van der Waals surface area contributed by atoms with E-state index >= 15 is 0 Å². The number of likely N-dealkylation sites (N-methyl/N-ethyl adjacent to an activating group) is 1. The summed E-state index contributed by atoms with van der Waals surface area (Å²) in [5.41, 5.74) is 2.42. The number of nitrogens with zero attached hydrogens (tertiary/aromatic N) is 2. The molecule has 2 rings (SSSR count). The van der Waals surface area contributed by atoms with Gasteiger partial charge in [0.2, 0.25) is 0 Å². The van der Waals surface area contributed by atoms with Gasteiger partial charge in [-0.1, -0.05) is 12.1 Å². The van der Waals surface area contributed by atoms with Gasteiger partial charge in [0, 0.05) is 26.2 Å². The van der Waals surface area contributed by atoms with Crippen molar-refractivity contribution < 1.29 is 9.53 Å². The number of rotatable bonds is 3. The van der Waals surface area contributed by atoms with Crippen LogP contribution in [0.2, 0.25) is 0 Å². The Bertz CT molecular complexity index is 434. The van der Waals surface area contributed by atoms with Crippen LogP contribution in [0, 0.1) is 0 Å².